The first-order valence-corrected chi connectivity index (χ1v) is 12.1. The van der Waals surface area contributed by atoms with Crippen molar-refractivity contribution in [2.24, 2.45) is 11.8 Å². The highest BCUT2D eigenvalue weighted by Gasteiger charge is 2.37. The third-order valence-corrected chi connectivity index (χ3v) is 7.54. The first kappa shape index (κ1) is 22.8. The van der Waals surface area contributed by atoms with Crippen LogP contribution in [0.3, 0.4) is 0 Å². The Balaban J connectivity index is 1.37. The van der Waals surface area contributed by atoms with Gasteiger partial charge in [-0.3, -0.25) is 4.79 Å². The Kier molecular flexibility index (Phi) is 6.26. The van der Waals surface area contributed by atoms with Gasteiger partial charge >= 0.3 is 0 Å². The van der Waals surface area contributed by atoms with Gasteiger partial charge in [0.25, 0.3) is 0 Å². The largest absolute Gasteiger partial charge is 0.497 e. The van der Waals surface area contributed by atoms with E-state index in [-0.39, 0.29) is 23.6 Å². The van der Waals surface area contributed by atoms with Crippen LogP contribution in [0.5, 0.6) is 5.75 Å². The van der Waals surface area contributed by atoms with Gasteiger partial charge in [0.1, 0.15) is 17.3 Å². The number of hydrogen-bond acceptors (Lipinski definition) is 3. The predicted molar refractivity (Wildman–Crippen MR) is 131 cm³/mol. The summed E-state index contributed by atoms with van der Waals surface area (Å²) >= 11 is 0. The summed E-state index contributed by atoms with van der Waals surface area (Å²) in [5.41, 5.74) is 6.23. The number of Topliss-reactive ketones (excluding diaryl/α,β-unsaturated/α-hetero) is 1. The molecule has 1 aliphatic heterocycles. The molecule has 2 aliphatic rings. The molecule has 0 spiro atoms. The van der Waals surface area contributed by atoms with Crippen molar-refractivity contribution < 1.29 is 18.7 Å². The number of rotatable bonds is 7. The summed E-state index contributed by atoms with van der Waals surface area (Å²) in [6, 6.07) is 19.4. The van der Waals surface area contributed by atoms with E-state index in [0.717, 1.165) is 17.5 Å². The van der Waals surface area contributed by atoms with Gasteiger partial charge < -0.3 is 9.47 Å². The van der Waals surface area contributed by atoms with Crippen molar-refractivity contribution in [1.29, 1.82) is 0 Å². The van der Waals surface area contributed by atoms with Crippen LogP contribution in [0.2, 0.25) is 0 Å². The molecule has 1 fully saturated rings. The number of carbonyl (C=O) groups excluding carboxylic acids is 1. The molecular formula is C30H31FO3. The number of fused-ring (bicyclic) bond motifs is 1. The Labute approximate surface area is 200 Å². The molecule has 0 aromatic heterocycles. The lowest BCUT2D eigenvalue weighted by Gasteiger charge is -2.28. The van der Waals surface area contributed by atoms with Gasteiger partial charge in [0.15, 0.2) is 0 Å². The first-order chi connectivity index (χ1) is 16.4. The molecule has 1 saturated carbocycles. The van der Waals surface area contributed by atoms with E-state index in [1.54, 1.807) is 26.2 Å². The summed E-state index contributed by atoms with van der Waals surface area (Å²) in [5, 5.41) is 0. The molecule has 1 aliphatic carbocycles. The zero-order valence-corrected chi connectivity index (χ0v) is 20.0. The molecule has 0 bridgehead atoms. The van der Waals surface area contributed by atoms with Gasteiger partial charge in [-0.05, 0) is 77.6 Å². The van der Waals surface area contributed by atoms with Crippen LogP contribution in [0.1, 0.15) is 61.0 Å². The minimum Gasteiger partial charge on any atom is -0.497 e. The maximum absolute atomic E-state index is 14.4. The normalized spacial score (nSPS) is 19.2. The number of carbonyl (C=O) groups is 1. The molecule has 0 N–H and O–H groups in total. The monoisotopic (exact) mass is 458 g/mol. The van der Waals surface area contributed by atoms with Crippen LogP contribution in [0.4, 0.5) is 4.39 Å². The SMILES string of the molecule is COc1ccc(F)c(-c2ccc([C@H]3Cc4cc([C@H](C5CC5)[C@H](C)C(C)=O)ccc4CO3)cc2)c1. The van der Waals surface area contributed by atoms with E-state index in [2.05, 4.69) is 25.1 Å². The second-order valence-electron chi connectivity index (χ2n) is 9.76. The van der Waals surface area contributed by atoms with E-state index in [9.17, 15) is 9.18 Å². The summed E-state index contributed by atoms with van der Waals surface area (Å²) in [6.07, 6.45) is 3.18. The van der Waals surface area contributed by atoms with E-state index >= 15 is 0 Å². The van der Waals surface area contributed by atoms with Gasteiger partial charge in [-0.1, -0.05) is 49.4 Å². The Morgan fingerprint density at radius 2 is 1.79 bits per heavy atom. The standard InChI is InChI=1S/C30H31FO3/c1-18(19(2)32)30(22-8-9-22)23-10-11-24-17-34-29(15-25(24)14-23)21-6-4-20(5-7-21)27-16-26(33-3)12-13-28(27)31/h4-7,10-14,16,18,22,29-30H,8-9,15,17H2,1-3H3/t18-,29-,30+/m1/s1. The van der Waals surface area contributed by atoms with Crippen molar-refractivity contribution in [2.75, 3.05) is 7.11 Å². The van der Waals surface area contributed by atoms with Gasteiger partial charge in [-0.2, -0.15) is 0 Å². The van der Waals surface area contributed by atoms with E-state index in [0.29, 0.717) is 29.8 Å². The molecule has 176 valence electrons. The highest BCUT2D eigenvalue weighted by molar-refractivity contribution is 5.79. The molecule has 3 aromatic carbocycles. The smallest absolute Gasteiger partial charge is 0.133 e. The van der Waals surface area contributed by atoms with Crippen molar-refractivity contribution in [2.45, 2.75) is 51.7 Å². The quantitative estimate of drug-likeness (QED) is 0.381. The Bertz CT molecular complexity index is 1200. The molecule has 3 aromatic rings. The minimum atomic E-state index is -0.270. The number of benzene rings is 3. The first-order valence-electron chi connectivity index (χ1n) is 12.1. The van der Waals surface area contributed by atoms with Crippen molar-refractivity contribution in [3.05, 3.63) is 88.7 Å². The van der Waals surface area contributed by atoms with Crippen molar-refractivity contribution in [3.63, 3.8) is 0 Å². The summed E-state index contributed by atoms with van der Waals surface area (Å²) < 4.78 is 25.8. The zero-order chi connectivity index (χ0) is 23.8. The molecular weight excluding hydrogens is 427 g/mol. The van der Waals surface area contributed by atoms with Crippen molar-refractivity contribution in [1.82, 2.24) is 0 Å². The summed E-state index contributed by atoms with van der Waals surface area (Å²) in [5.74, 6) is 1.61. The average Bonchev–Trinajstić information content (AvgIpc) is 3.69. The lowest BCUT2D eigenvalue weighted by atomic mass is 9.79. The molecule has 1 heterocycles. The Morgan fingerprint density at radius 1 is 1.03 bits per heavy atom. The summed E-state index contributed by atoms with van der Waals surface area (Å²) in [4.78, 5) is 12.2. The molecule has 0 radical (unpaired) electrons. The van der Waals surface area contributed by atoms with Crippen LogP contribution in [0.15, 0.2) is 60.7 Å². The predicted octanol–water partition coefficient (Wildman–Crippen LogP) is 7.03. The van der Waals surface area contributed by atoms with Gasteiger partial charge in [0.05, 0.1) is 19.8 Å². The van der Waals surface area contributed by atoms with Crippen molar-refractivity contribution >= 4 is 5.78 Å². The van der Waals surface area contributed by atoms with Crippen LogP contribution in [-0.2, 0) is 22.6 Å². The average molecular weight is 459 g/mol. The number of halogens is 1. The van der Waals surface area contributed by atoms with Gasteiger partial charge in [0, 0.05) is 17.9 Å². The maximum Gasteiger partial charge on any atom is 0.133 e. The molecule has 0 amide bonds. The fourth-order valence-corrected chi connectivity index (χ4v) is 5.25. The highest BCUT2D eigenvalue weighted by atomic mass is 19.1. The van der Waals surface area contributed by atoms with E-state index in [1.165, 1.54) is 35.6 Å². The Morgan fingerprint density at radius 3 is 2.47 bits per heavy atom. The number of ketones is 1. The number of methoxy groups -OCH3 is 1. The minimum absolute atomic E-state index is 0.0449. The van der Waals surface area contributed by atoms with Gasteiger partial charge in [-0.15, -0.1) is 0 Å². The summed E-state index contributed by atoms with van der Waals surface area (Å²) in [7, 11) is 1.58. The second kappa shape index (κ2) is 9.34. The third kappa shape index (κ3) is 4.52. The van der Waals surface area contributed by atoms with E-state index in [1.807, 2.05) is 24.3 Å². The second-order valence-corrected chi connectivity index (χ2v) is 9.76. The molecule has 5 rings (SSSR count). The fraction of sp³-hybridized carbons (Fsp3) is 0.367. The number of hydrogen-bond donors (Lipinski definition) is 0. The van der Waals surface area contributed by atoms with E-state index < -0.39 is 0 Å². The third-order valence-electron chi connectivity index (χ3n) is 7.54. The lowest BCUT2D eigenvalue weighted by Crippen LogP contribution is -2.20. The van der Waals surface area contributed by atoms with Crippen LogP contribution in [-0.4, -0.2) is 12.9 Å². The highest BCUT2D eigenvalue weighted by Crippen LogP contribution is 2.47. The molecule has 34 heavy (non-hydrogen) atoms. The van der Waals surface area contributed by atoms with Gasteiger partial charge in [-0.25, -0.2) is 4.39 Å². The van der Waals surface area contributed by atoms with Crippen LogP contribution in [0.25, 0.3) is 11.1 Å². The molecule has 3 atom stereocenters. The topological polar surface area (TPSA) is 35.5 Å². The molecule has 4 heteroatoms. The van der Waals surface area contributed by atoms with E-state index in [4.69, 9.17) is 9.47 Å². The molecule has 3 nitrogen and oxygen atoms in total. The molecule has 0 saturated heterocycles. The van der Waals surface area contributed by atoms with Crippen LogP contribution < -0.4 is 4.74 Å². The number of ether oxygens (including phenoxy) is 2. The van der Waals surface area contributed by atoms with Crippen LogP contribution >= 0.6 is 0 Å². The zero-order valence-electron chi connectivity index (χ0n) is 20.0. The fourth-order valence-electron chi connectivity index (χ4n) is 5.25. The van der Waals surface area contributed by atoms with Gasteiger partial charge in [0.2, 0.25) is 0 Å². The summed E-state index contributed by atoms with van der Waals surface area (Å²) in [6.45, 7) is 4.36. The van der Waals surface area contributed by atoms with Crippen molar-refractivity contribution in [3.8, 4) is 16.9 Å². The lowest BCUT2D eigenvalue weighted by molar-refractivity contribution is -0.121. The maximum atomic E-state index is 14.4. The molecule has 0 unspecified atom stereocenters. The van der Waals surface area contributed by atoms with Crippen LogP contribution in [0, 0.1) is 17.7 Å². The Hall–Kier alpha value is -2.98.